The third-order valence-electron chi connectivity index (χ3n) is 1.73. The van der Waals surface area contributed by atoms with Crippen molar-refractivity contribution in [2.45, 2.75) is 38.6 Å². The topological polar surface area (TPSA) is 9.23 Å². The quantitative estimate of drug-likeness (QED) is 0.666. The summed E-state index contributed by atoms with van der Waals surface area (Å²) in [5.74, 6) is 0. The van der Waals surface area contributed by atoms with Crippen molar-refractivity contribution in [2.75, 3.05) is 12.8 Å². The van der Waals surface area contributed by atoms with Gasteiger partial charge in [-0.05, 0) is 6.42 Å². The molecule has 0 bridgehead atoms. The molecule has 2 unspecified atom stereocenters. The normalized spacial score (nSPS) is 18.5. The van der Waals surface area contributed by atoms with Crippen LogP contribution in [0, 0.1) is 0 Å². The summed E-state index contributed by atoms with van der Waals surface area (Å²) in [6, 6.07) is 0. The van der Waals surface area contributed by atoms with Crippen LogP contribution in [-0.4, -0.2) is 24.2 Å². The van der Waals surface area contributed by atoms with Gasteiger partial charge in [0.25, 0.3) is 0 Å². The second-order valence-electron chi connectivity index (χ2n) is 3.14. The van der Waals surface area contributed by atoms with Gasteiger partial charge in [0.15, 0.2) is 0 Å². The van der Waals surface area contributed by atoms with Crippen molar-refractivity contribution in [1.82, 2.24) is 0 Å². The fourth-order valence-electron chi connectivity index (χ4n) is 0.716. The minimum Gasteiger partial charge on any atom is -0.332 e. The first-order valence-corrected chi connectivity index (χ1v) is 9.10. The van der Waals surface area contributed by atoms with Crippen LogP contribution in [-0.2, 0) is 16.3 Å². The minimum absolute atomic E-state index is 0.254. The lowest BCUT2D eigenvalue weighted by molar-refractivity contribution is -0.151. The lowest BCUT2D eigenvalue weighted by Gasteiger charge is -2.23. The molecular formula is C8H16F3OPS2. The monoisotopic (exact) mass is 280 g/mol. The number of halogens is 3. The van der Waals surface area contributed by atoms with Gasteiger partial charge in [0.05, 0.1) is 0 Å². The van der Waals surface area contributed by atoms with E-state index in [1.807, 2.05) is 13.8 Å². The zero-order chi connectivity index (χ0) is 12.1. The molecule has 0 fully saturated rings. The van der Waals surface area contributed by atoms with Crippen molar-refractivity contribution in [2.24, 2.45) is 0 Å². The van der Waals surface area contributed by atoms with Gasteiger partial charge in [-0.25, -0.2) is 0 Å². The van der Waals surface area contributed by atoms with Gasteiger partial charge >= 0.3 is 6.18 Å². The molecule has 0 radical (unpaired) electrons. The third-order valence-corrected chi connectivity index (χ3v) is 9.04. The Bertz CT molecular complexity index is 232. The molecule has 92 valence electrons. The van der Waals surface area contributed by atoms with E-state index in [1.54, 1.807) is 6.92 Å². The fourth-order valence-corrected chi connectivity index (χ4v) is 6.51. The molecule has 0 aliphatic carbocycles. The van der Waals surface area contributed by atoms with Gasteiger partial charge in [-0.3, -0.25) is 0 Å². The van der Waals surface area contributed by atoms with Gasteiger partial charge in [-0.2, -0.15) is 13.2 Å². The number of hydrogen-bond donors (Lipinski definition) is 0. The van der Waals surface area contributed by atoms with Crippen molar-refractivity contribution in [3.63, 3.8) is 0 Å². The molecule has 15 heavy (non-hydrogen) atoms. The Morgan fingerprint density at radius 1 is 1.40 bits per heavy atom. The first-order valence-electron chi connectivity index (χ1n) is 4.71. The first kappa shape index (κ1) is 15.8. The Balaban J connectivity index is 4.26. The van der Waals surface area contributed by atoms with Gasteiger partial charge in [0.2, 0.25) is 0 Å². The summed E-state index contributed by atoms with van der Waals surface area (Å²) in [5.41, 5.74) is -2.34. The molecule has 0 aliphatic heterocycles. The lowest BCUT2D eigenvalue weighted by atomic mass is 10.4. The molecule has 0 saturated heterocycles. The molecule has 0 spiro atoms. The van der Waals surface area contributed by atoms with Gasteiger partial charge in [-0.15, -0.1) is 0 Å². The third kappa shape index (κ3) is 7.61. The van der Waals surface area contributed by atoms with Crippen molar-refractivity contribution < 1.29 is 17.7 Å². The highest BCUT2D eigenvalue weighted by Gasteiger charge is 2.31. The lowest BCUT2D eigenvalue weighted by Crippen LogP contribution is -2.16. The highest BCUT2D eigenvalue weighted by molar-refractivity contribution is 8.69. The molecule has 0 amide bonds. The van der Waals surface area contributed by atoms with Crippen LogP contribution < -0.4 is 0 Å². The van der Waals surface area contributed by atoms with Crippen molar-refractivity contribution in [3.8, 4) is 0 Å². The molecule has 1 nitrogen and oxygen atoms in total. The van der Waals surface area contributed by atoms with E-state index in [4.69, 9.17) is 16.3 Å². The summed E-state index contributed by atoms with van der Waals surface area (Å²) in [7, 11) is 0. The van der Waals surface area contributed by atoms with E-state index in [1.165, 1.54) is 11.4 Å². The predicted molar refractivity (Wildman–Crippen MR) is 64.2 cm³/mol. The van der Waals surface area contributed by atoms with E-state index in [0.717, 1.165) is 6.42 Å². The highest BCUT2D eigenvalue weighted by Crippen LogP contribution is 2.62. The number of hydrogen-bond acceptors (Lipinski definition) is 3. The second-order valence-corrected chi connectivity index (χ2v) is 11.1. The molecule has 7 heteroatoms. The molecule has 0 N–H and O–H groups in total. The van der Waals surface area contributed by atoms with Crippen LogP contribution in [0.25, 0.3) is 0 Å². The van der Waals surface area contributed by atoms with E-state index in [9.17, 15) is 13.2 Å². The molecular weight excluding hydrogens is 264 g/mol. The summed E-state index contributed by atoms with van der Waals surface area (Å²) < 4.78 is 40.8. The van der Waals surface area contributed by atoms with Crippen LogP contribution in [0.4, 0.5) is 13.2 Å². The largest absolute Gasteiger partial charge is 0.412 e. The van der Waals surface area contributed by atoms with E-state index in [0.29, 0.717) is 6.16 Å². The fraction of sp³-hybridized carbons (Fsp3) is 1.00. The number of rotatable bonds is 6. The van der Waals surface area contributed by atoms with Crippen LogP contribution in [0.1, 0.15) is 27.2 Å². The Kier molecular flexibility index (Phi) is 6.80. The van der Waals surface area contributed by atoms with Gasteiger partial charge in [0.1, 0.15) is 12.1 Å². The standard InChI is InChI=1S/C8H16F3OPS2/c1-4-7(3)15-13(14,5-2)12-6-8(9,10)11/h7H,4-6H2,1-3H3. The Morgan fingerprint density at radius 2 is 1.93 bits per heavy atom. The zero-order valence-corrected chi connectivity index (χ0v) is 11.5. The van der Waals surface area contributed by atoms with E-state index < -0.39 is 18.2 Å². The summed E-state index contributed by atoms with van der Waals surface area (Å²) in [4.78, 5) is 0. The highest BCUT2D eigenvalue weighted by atomic mass is 32.9. The Hall–Kier alpha value is 0.750. The maximum absolute atomic E-state index is 12.0. The zero-order valence-electron chi connectivity index (χ0n) is 9.00. The first-order chi connectivity index (χ1) is 6.72. The molecule has 2 atom stereocenters. The SMILES string of the molecule is CCC(C)SP(=S)(CC)OCC(F)(F)F. The van der Waals surface area contributed by atoms with E-state index in [2.05, 4.69) is 0 Å². The van der Waals surface area contributed by atoms with Crippen LogP contribution in [0.2, 0.25) is 0 Å². The van der Waals surface area contributed by atoms with Crippen LogP contribution in [0.15, 0.2) is 0 Å². The van der Waals surface area contributed by atoms with E-state index in [-0.39, 0.29) is 5.25 Å². The summed E-state index contributed by atoms with van der Waals surface area (Å²) >= 11 is 6.56. The maximum atomic E-state index is 12.0. The van der Waals surface area contributed by atoms with Crippen LogP contribution >= 0.6 is 16.8 Å². The molecule has 0 rings (SSSR count). The molecule has 0 heterocycles. The van der Waals surface area contributed by atoms with Crippen molar-refractivity contribution in [1.29, 1.82) is 0 Å². The molecule has 0 aromatic carbocycles. The van der Waals surface area contributed by atoms with Gasteiger partial charge in [0, 0.05) is 11.4 Å². The molecule has 0 aliphatic rings. The summed E-state index contributed by atoms with van der Waals surface area (Å²) in [5, 5.41) is 0.254. The average molecular weight is 280 g/mol. The van der Waals surface area contributed by atoms with E-state index >= 15 is 0 Å². The average Bonchev–Trinajstić information content (AvgIpc) is 2.14. The van der Waals surface area contributed by atoms with Crippen molar-refractivity contribution >= 4 is 28.7 Å². The predicted octanol–water partition coefficient (Wildman–Crippen LogP) is 4.43. The molecule has 0 aromatic heterocycles. The summed E-state index contributed by atoms with van der Waals surface area (Å²) in [6.07, 6.45) is -2.90. The van der Waals surface area contributed by atoms with Crippen LogP contribution in [0.3, 0.4) is 0 Å². The second kappa shape index (κ2) is 6.48. The minimum atomic E-state index is -4.28. The Morgan fingerprint density at radius 3 is 2.27 bits per heavy atom. The number of alkyl halides is 3. The smallest absolute Gasteiger partial charge is 0.332 e. The van der Waals surface area contributed by atoms with Gasteiger partial charge < -0.3 is 4.52 Å². The maximum Gasteiger partial charge on any atom is 0.412 e. The summed E-state index contributed by atoms with van der Waals surface area (Å²) in [6.45, 7) is 4.50. The molecule has 0 saturated carbocycles. The Labute approximate surface area is 98.0 Å². The van der Waals surface area contributed by atoms with Gasteiger partial charge in [-0.1, -0.05) is 44.0 Å². The molecule has 0 aromatic rings. The van der Waals surface area contributed by atoms with Crippen molar-refractivity contribution in [3.05, 3.63) is 0 Å². The van der Waals surface area contributed by atoms with Crippen LogP contribution in [0.5, 0.6) is 0 Å².